The number of carbonyl (C=O) groups excluding carboxylic acids is 2. The number of benzene rings is 1. The van der Waals surface area contributed by atoms with E-state index in [2.05, 4.69) is 28.8 Å². The Hall–Kier alpha value is -1.88. The molecule has 5 nitrogen and oxygen atoms in total. The van der Waals surface area contributed by atoms with E-state index in [-0.39, 0.29) is 24.0 Å². The van der Waals surface area contributed by atoms with Crippen molar-refractivity contribution in [2.75, 3.05) is 6.54 Å². The fourth-order valence-corrected chi connectivity index (χ4v) is 3.85. The molecule has 0 radical (unpaired) electrons. The molecule has 0 bridgehead atoms. The van der Waals surface area contributed by atoms with Crippen LogP contribution >= 0.6 is 0 Å². The summed E-state index contributed by atoms with van der Waals surface area (Å²) in [5.41, 5.74) is 2.69. The Labute approximate surface area is 143 Å². The van der Waals surface area contributed by atoms with Crippen LogP contribution in [-0.4, -0.2) is 30.6 Å². The van der Waals surface area contributed by atoms with Crippen LogP contribution in [-0.2, 0) is 17.8 Å². The minimum atomic E-state index is -0.337. The lowest BCUT2D eigenvalue weighted by Gasteiger charge is -2.30. The van der Waals surface area contributed by atoms with E-state index in [4.69, 9.17) is 0 Å². The van der Waals surface area contributed by atoms with E-state index < -0.39 is 0 Å². The smallest absolute Gasteiger partial charge is 0.321 e. The largest absolute Gasteiger partial charge is 0.335 e. The van der Waals surface area contributed by atoms with Crippen LogP contribution in [0.4, 0.5) is 4.79 Å². The summed E-state index contributed by atoms with van der Waals surface area (Å²) in [6, 6.07) is 8.06. The zero-order valence-corrected chi connectivity index (χ0v) is 14.4. The Balaban J connectivity index is 1.50. The molecule has 0 aromatic heterocycles. The standard InChI is InChI=1S/C19H27N3O2/c1-14(22-12-11-15-7-5-6-8-16(15)13-22)18(23)21-19(24)20-17-9-3-2-4-10-17/h5-8,14,17H,2-4,9-13H2,1H3,(H2,20,21,23,24)/p+1/t14-/m0/s1. The van der Waals surface area contributed by atoms with Gasteiger partial charge in [-0.25, -0.2) is 4.79 Å². The number of urea groups is 1. The molecule has 3 N–H and O–H groups in total. The van der Waals surface area contributed by atoms with Crippen molar-refractivity contribution in [3.63, 3.8) is 0 Å². The van der Waals surface area contributed by atoms with E-state index in [1.165, 1.54) is 22.4 Å². The maximum absolute atomic E-state index is 12.4. The highest BCUT2D eigenvalue weighted by Gasteiger charge is 2.30. The van der Waals surface area contributed by atoms with Gasteiger partial charge in [0.05, 0.1) is 6.54 Å². The van der Waals surface area contributed by atoms with Gasteiger partial charge in [0.2, 0.25) is 0 Å². The molecule has 5 heteroatoms. The summed E-state index contributed by atoms with van der Waals surface area (Å²) in [4.78, 5) is 25.7. The number of rotatable bonds is 3. The van der Waals surface area contributed by atoms with Gasteiger partial charge in [-0.2, -0.15) is 0 Å². The summed E-state index contributed by atoms with van der Waals surface area (Å²) in [5.74, 6) is -0.183. The van der Waals surface area contributed by atoms with Gasteiger partial charge in [0.1, 0.15) is 6.54 Å². The third-order valence-electron chi connectivity index (χ3n) is 5.43. The molecule has 3 rings (SSSR count). The summed E-state index contributed by atoms with van der Waals surface area (Å²) < 4.78 is 0. The molecule has 2 aliphatic rings. The second kappa shape index (κ2) is 7.79. The highest BCUT2D eigenvalue weighted by Crippen LogP contribution is 2.17. The fraction of sp³-hybridized carbons (Fsp3) is 0.579. The fourth-order valence-electron chi connectivity index (χ4n) is 3.85. The highest BCUT2D eigenvalue weighted by molar-refractivity contribution is 5.96. The maximum Gasteiger partial charge on any atom is 0.321 e. The Morgan fingerprint density at radius 1 is 1.12 bits per heavy atom. The lowest BCUT2D eigenvalue weighted by molar-refractivity contribution is -0.929. The van der Waals surface area contributed by atoms with Crippen LogP contribution in [0.15, 0.2) is 24.3 Å². The Kier molecular flexibility index (Phi) is 5.51. The Bertz CT molecular complexity index is 596. The second-order valence-electron chi connectivity index (χ2n) is 7.12. The Morgan fingerprint density at radius 3 is 2.58 bits per heavy atom. The molecule has 24 heavy (non-hydrogen) atoms. The average molecular weight is 330 g/mol. The van der Waals surface area contributed by atoms with E-state index >= 15 is 0 Å². The van der Waals surface area contributed by atoms with Crippen LogP contribution in [0.3, 0.4) is 0 Å². The van der Waals surface area contributed by atoms with E-state index in [0.717, 1.165) is 45.2 Å². The minimum Gasteiger partial charge on any atom is -0.335 e. The van der Waals surface area contributed by atoms with Crippen molar-refractivity contribution >= 4 is 11.9 Å². The van der Waals surface area contributed by atoms with Crippen molar-refractivity contribution in [1.29, 1.82) is 0 Å². The van der Waals surface area contributed by atoms with Gasteiger partial charge < -0.3 is 10.2 Å². The van der Waals surface area contributed by atoms with Crippen LogP contribution in [0.1, 0.15) is 50.2 Å². The molecule has 3 amide bonds. The topological polar surface area (TPSA) is 62.6 Å². The van der Waals surface area contributed by atoms with Gasteiger partial charge in [0.25, 0.3) is 5.91 Å². The van der Waals surface area contributed by atoms with E-state index in [0.29, 0.717) is 0 Å². The lowest BCUT2D eigenvalue weighted by atomic mass is 9.96. The van der Waals surface area contributed by atoms with Crippen LogP contribution in [0.2, 0.25) is 0 Å². The third-order valence-corrected chi connectivity index (χ3v) is 5.43. The molecular formula is C19H28N3O2+. The van der Waals surface area contributed by atoms with Gasteiger partial charge >= 0.3 is 6.03 Å². The SMILES string of the molecule is C[C@@H](C(=O)NC(=O)NC1CCCCC1)[NH+]1CCc2ccccc2C1. The summed E-state index contributed by atoms with van der Waals surface area (Å²) in [5, 5.41) is 5.48. The van der Waals surface area contributed by atoms with Crippen molar-refractivity contribution in [2.45, 2.75) is 64.1 Å². The maximum atomic E-state index is 12.4. The molecule has 1 fully saturated rings. The van der Waals surface area contributed by atoms with Crippen LogP contribution in [0.25, 0.3) is 0 Å². The molecule has 0 saturated heterocycles. The van der Waals surface area contributed by atoms with Gasteiger partial charge in [-0.3, -0.25) is 10.1 Å². The molecule has 1 aromatic carbocycles. The van der Waals surface area contributed by atoms with Gasteiger partial charge in [0, 0.05) is 18.0 Å². The molecule has 1 unspecified atom stereocenters. The predicted octanol–water partition coefficient (Wildman–Crippen LogP) is 1.17. The quantitative estimate of drug-likeness (QED) is 0.779. The number of carbonyl (C=O) groups is 2. The molecule has 1 heterocycles. The summed E-state index contributed by atoms with van der Waals surface area (Å²) in [6.07, 6.45) is 6.59. The van der Waals surface area contributed by atoms with Crippen molar-refractivity contribution in [3.8, 4) is 0 Å². The van der Waals surface area contributed by atoms with E-state index in [9.17, 15) is 9.59 Å². The van der Waals surface area contributed by atoms with E-state index in [1.54, 1.807) is 0 Å². The van der Waals surface area contributed by atoms with Crippen LogP contribution < -0.4 is 15.5 Å². The summed E-state index contributed by atoms with van der Waals surface area (Å²) >= 11 is 0. The molecule has 1 aromatic rings. The van der Waals surface area contributed by atoms with Crippen molar-refractivity contribution < 1.29 is 14.5 Å². The minimum absolute atomic E-state index is 0.183. The normalized spacial score (nSPS) is 22.3. The molecule has 1 saturated carbocycles. The molecule has 0 spiro atoms. The number of quaternary nitrogens is 1. The zero-order valence-electron chi connectivity index (χ0n) is 14.4. The first-order valence-electron chi connectivity index (χ1n) is 9.16. The molecule has 130 valence electrons. The first-order valence-corrected chi connectivity index (χ1v) is 9.16. The van der Waals surface area contributed by atoms with Crippen molar-refractivity contribution in [3.05, 3.63) is 35.4 Å². The first kappa shape index (κ1) is 17.0. The number of nitrogens with one attached hydrogen (secondary N) is 3. The number of fused-ring (bicyclic) bond motifs is 1. The Morgan fingerprint density at radius 2 is 1.83 bits per heavy atom. The van der Waals surface area contributed by atoms with Gasteiger partial charge in [-0.1, -0.05) is 43.5 Å². The first-order chi connectivity index (χ1) is 11.6. The van der Waals surface area contributed by atoms with Crippen LogP contribution in [0.5, 0.6) is 0 Å². The monoisotopic (exact) mass is 330 g/mol. The van der Waals surface area contributed by atoms with Gasteiger partial charge in [-0.15, -0.1) is 0 Å². The van der Waals surface area contributed by atoms with Gasteiger partial charge in [-0.05, 0) is 25.3 Å². The highest BCUT2D eigenvalue weighted by atomic mass is 16.2. The summed E-state index contributed by atoms with van der Waals surface area (Å²) in [6.45, 7) is 3.68. The molecular weight excluding hydrogens is 302 g/mol. The third kappa shape index (κ3) is 4.15. The second-order valence-corrected chi connectivity index (χ2v) is 7.12. The summed E-state index contributed by atoms with van der Waals surface area (Å²) in [7, 11) is 0. The lowest BCUT2D eigenvalue weighted by Crippen LogP contribution is -3.16. The van der Waals surface area contributed by atoms with Gasteiger partial charge in [0.15, 0.2) is 6.04 Å². The molecule has 1 aliphatic heterocycles. The van der Waals surface area contributed by atoms with Crippen molar-refractivity contribution in [1.82, 2.24) is 10.6 Å². The zero-order chi connectivity index (χ0) is 16.9. The van der Waals surface area contributed by atoms with Crippen LogP contribution in [0, 0.1) is 0 Å². The number of hydrogen-bond donors (Lipinski definition) is 3. The number of imide groups is 1. The van der Waals surface area contributed by atoms with E-state index in [1.807, 2.05) is 13.0 Å². The number of hydrogen-bond acceptors (Lipinski definition) is 2. The average Bonchev–Trinajstić information content (AvgIpc) is 2.61. The molecule has 2 atom stereocenters. The molecule has 1 aliphatic carbocycles. The van der Waals surface area contributed by atoms with Crippen molar-refractivity contribution in [2.24, 2.45) is 0 Å². The predicted molar refractivity (Wildman–Crippen MR) is 92.7 cm³/mol. The number of amides is 3.